The molecule has 2 atom stereocenters. The molecule has 2 N–H and O–H groups in total. The highest BCUT2D eigenvalue weighted by Crippen LogP contribution is 2.20. The third-order valence-corrected chi connectivity index (χ3v) is 3.23. The van der Waals surface area contributed by atoms with E-state index in [-0.39, 0.29) is 12.1 Å². The van der Waals surface area contributed by atoms with Gasteiger partial charge in [-0.15, -0.1) is 0 Å². The van der Waals surface area contributed by atoms with Gasteiger partial charge in [-0.3, -0.25) is 0 Å². The van der Waals surface area contributed by atoms with Gasteiger partial charge in [-0.2, -0.15) is 4.98 Å². The van der Waals surface area contributed by atoms with Gasteiger partial charge in [-0.25, -0.2) is 4.98 Å². The van der Waals surface area contributed by atoms with Crippen LogP contribution in [0.25, 0.3) is 0 Å². The highest BCUT2D eigenvalue weighted by molar-refractivity contribution is 5.33. The van der Waals surface area contributed by atoms with E-state index in [1.807, 2.05) is 13.8 Å². The lowest BCUT2D eigenvalue weighted by molar-refractivity contribution is 0.232. The second-order valence-corrected chi connectivity index (χ2v) is 5.24. The quantitative estimate of drug-likeness (QED) is 0.879. The third-order valence-electron chi connectivity index (χ3n) is 3.23. The number of aromatic nitrogens is 2. The highest BCUT2D eigenvalue weighted by Gasteiger charge is 2.24. The summed E-state index contributed by atoms with van der Waals surface area (Å²) in [6.45, 7) is 7.97. The first kappa shape index (κ1) is 13.1. The van der Waals surface area contributed by atoms with E-state index in [1.54, 1.807) is 12.3 Å². The summed E-state index contributed by atoms with van der Waals surface area (Å²) in [5.74, 6) is 1.85. The Morgan fingerprint density at radius 3 is 2.94 bits per heavy atom. The Balaban J connectivity index is 2.08. The van der Waals surface area contributed by atoms with E-state index in [4.69, 9.17) is 10.5 Å². The predicted octanol–water partition coefficient (Wildman–Crippen LogP) is 1.44. The molecule has 0 amide bonds. The van der Waals surface area contributed by atoms with Crippen molar-refractivity contribution >= 4 is 5.95 Å². The van der Waals surface area contributed by atoms with E-state index in [0.29, 0.717) is 11.8 Å². The van der Waals surface area contributed by atoms with Crippen molar-refractivity contribution in [3.63, 3.8) is 0 Å². The molecule has 2 heterocycles. The van der Waals surface area contributed by atoms with Crippen LogP contribution in [0.4, 0.5) is 5.95 Å². The minimum Gasteiger partial charge on any atom is -0.475 e. The van der Waals surface area contributed by atoms with Crippen LogP contribution in [-0.4, -0.2) is 35.2 Å². The fraction of sp³-hybridized carbons (Fsp3) is 0.692. The topological polar surface area (TPSA) is 64.3 Å². The standard InChI is InChI=1S/C13H22N4O/c1-9(2)18-12-4-6-15-13(16-12)17-7-5-11(14)10(3)8-17/h4,6,9-11H,5,7-8,14H2,1-3H3. The van der Waals surface area contributed by atoms with Crippen molar-refractivity contribution in [1.82, 2.24) is 9.97 Å². The van der Waals surface area contributed by atoms with Crippen molar-refractivity contribution in [1.29, 1.82) is 0 Å². The van der Waals surface area contributed by atoms with Gasteiger partial charge in [0.25, 0.3) is 0 Å². The molecule has 1 aromatic rings. The number of rotatable bonds is 3. The smallest absolute Gasteiger partial charge is 0.228 e. The third kappa shape index (κ3) is 3.10. The zero-order valence-corrected chi connectivity index (χ0v) is 11.3. The van der Waals surface area contributed by atoms with Crippen LogP contribution in [0.3, 0.4) is 0 Å². The molecule has 1 aliphatic heterocycles. The normalized spacial score (nSPS) is 24.4. The molecule has 0 radical (unpaired) electrons. The number of piperidine rings is 1. The molecule has 0 saturated carbocycles. The average molecular weight is 250 g/mol. The van der Waals surface area contributed by atoms with E-state index in [1.165, 1.54) is 0 Å². The van der Waals surface area contributed by atoms with E-state index >= 15 is 0 Å². The molecular weight excluding hydrogens is 228 g/mol. The summed E-state index contributed by atoms with van der Waals surface area (Å²) < 4.78 is 5.59. The van der Waals surface area contributed by atoms with Crippen molar-refractivity contribution in [3.8, 4) is 5.88 Å². The van der Waals surface area contributed by atoms with Crippen LogP contribution < -0.4 is 15.4 Å². The lowest BCUT2D eigenvalue weighted by Gasteiger charge is -2.35. The summed E-state index contributed by atoms with van der Waals surface area (Å²) in [7, 11) is 0. The molecule has 100 valence electrons. The molecule has 1 aromatic heterocycles. The number of anilines is 1. The molecule has 1 fully saturated rings. The number of hydrogen-bond acceptors (Lipinski definition) is 5. The first-order valence-electron chi connectivity index (χ1n) is 6.56. The number of ether oxygens (including phenoxy) is 1. The van der Waals surface area contributed by atoms with Crippen molar-refractivity contribution in [3.05, 3.63) is 12.3 Å². The van der Waals surface area contributed by atoms with Gasteiger partial charge in [0.15, 0.2) is 0 Å². The van der Waals surface area contributed by atoms with Gasteiger partial charge in [0.2, 0.25) is 11.8 Å². The maximum absolute atomic E-state index is 6.02. The fourth-order valence-electron chi connectivity index (χ4n) is 2.14. The minimum atomic E-state index is 0.126. The van der Waals surface area contributed by atoms with Gasteiger partial charge in [0.05, 0.1) is 6.10 Å². The summed E-state index contributed by atoms with van der Waals surface area (Å²) in [6, 6.07) is 2.08. The molecule has 1 saturated heterocycles. The van der Waals surface area contributed by atoms with Gasteiger partial charge >= 0.3 is 0 Å². The van der Waals surface area contributed by atoms with Crippen LogP contribution in [0.15, 0.2) is 12.3 Å². The molecule has 5 heteroatoms. The van der Waals surface area contributed by atoms with Gasteiger partial charge in [-0.1, -0.05) is 6.92 Å². The van der Waals surface area contributed by atoms with Crippen molar-refractivity contribution < 1.29 is 4.74 Å². The Labute approximate surface area is 108 Å². The van der Waals surface area contributed by atoms with Crippen LogP contribution in [-0.2, 0) is 0 Å². The molecule has 5 nitrogen and oxygen atoms in total. The zero-order chi connectivity index (χ0) is 13.1. The summed E-state index contributed by atoms with van der Waals surface area (Å²) >= 11 is 0. The van der Waals surface area contributed by atoms with E-state index < -0.39 is 0 Å². The lowest BCUT2D eigenvalue weighted by atomic mass is 9.95. The van der Waals surface area contributed by atoms with Gasteiger partial charge < -0.3 is 15.4 Å². The Bertz CT molecular complexity index is 396. The van der Waals surface area contributed by atoms with E-state index in [0.717, 1.165) is 25.5 Å². The molecular formula is C13H22N4O. The van der Waals surface area contributed by atoms with Crippen LogP contribution in [0.5, 0.6) is 5.88 Å². The van der Waals surface area contributed by atoms with Crippen LogP contribution in [0.2, 0.25) is 0 Å². The van der Waals surface area contributed by atoms with Gasteiger partial charge in [0.1, 0.15) is 0 Å². The number of hydrogen-bond donors (Lipinski definition) is 1. The van der Waals surface area contributed by atoms with E-state index in [2.05, 4.69) is 21.8 Å². The monoisotopic (exact) mass is 250 g/mol. The summed E-state index contributed by atoms with van der Waals surface area (Å²) in [5.41, 5.74) is 6.02. The molecule has 2 unspecified atom stereocenters. The highest BCUT2D eigenvalue weighted by atomic mass is 16.5. The van der Waals surface area contributed by atoms with Crippen molar-refractivity contribution in [2.24, 2.45) is 11.7 Å². The second-order valence-electron chi connectivity index (χ2n) is 5.24. The molecule has 1 aliphatic rings. The fourth-order valence-corrected chi connectivity index (χ4v) is 2.14. The molecule has 0 aliphatic carbocycles. The lowest BCUT2D eigenvalue weighted by Crippen LogP contribution is -2.46. The molecule has 18 heavy (non-hydrogen) atoms. The first-order valence-corrected chi connectivity index (χ1v) is 6.56. The first-order chi connectivity index (χ1) is 8.56. The summed E-state index contributed by atoms with van der Waals surface area (Å²) in [5, 5.41) is 0. The van der Waals surface area contributed by atoms with E-state index in [9.17, 15) is 0 Å². The predicted molar refractivity (Wildman–Crippen MR) is 71.8 cm³/mol. The van der Waals surface area contributed by atoms with Crippen LogP contribution >= 0.6 is 0 Å². The second kappa shape index (κ2) is 5.52. The Hall–Kier alpha value is -1.36. The molecule has 0 aromatic carbocycles. The molecule has 0 spiro atoms. The van der Waals surface area contributed by atoms with Gasteiger partial charge in [-0.05, 0) is 26.2 Å². The molecule has 2 rings (SSSR count). The minimum absolute atomic E-state index is 0.126. The molecule has 0 bridgehead atoms. The van der Waals surface area contributed by atoms with Crippen molar-refractivity contribution in [2.45, 2.75) is 39.3 Å². The Morgan fingerprint density at radius 1 is 1.50 bits per heavy atom. The number of nitrogens with zero attached hydrogens (tertiary/aromatic N) is 3. The summed E-state index contributed by atoms with van der Waals surface area (Å²) in [4.78, 5) is 11.0. The van der Waals surface area contributed by atoms with Gasteiger partial charge in [0, 0.05) is 31.4 Å². The Kier molecular flexibility index (Phi) is 4.01. The average Bonchev–Trinajstić information content (AvgIpc) is 2.32. The summed E-state index contributed by atoms with van der Waals surface area (Å²) in [6.07, 6.45) is 2.86. The van der Waals surface area contributed by atoms with Crippen LogP contribution in [0, 0.1) is 5.92 Å². The maximum atomic E-state index is 6.02. The zero-order valence-electron chi connectivity index (χ0n) is 11.3. The largest absolute Gasteiger partial charge is 0.475 e. The Morgan fingerprint density at radius 2 is 2.28 bits per heavy atom. The maximum Gasteiger partial charge on any atom is 0.228 e. The number of nitrogens with two attached hydrogens (primary N) is 1. The van der Waals surface area contributed by atoms with Crippen LogP contribution in [0.1, 0.15) is 27.2 Å². The SMILES string of the molecule is CC(C)Oc1ccnc(N2CCC(N)C(C)C2)n1. The van der Waals surface area contributed by atoms with Crippen molar-refractivity contribution in [2.75, 3.05) is 18.0 Å².